The van der Waals surface area contributed by atoms with Crippen molar-refractivity contribution >= 4 is 6.21 Å². The van der Waals surface area contributed by atoms with E-state index in [2.05, 4.69) is 16.9 Å². The Labute approximate surface area is 44.2 Å². The zero-order valence-electron chi connectivity index (χ0n) is 4.85. The maximum Gasteiger partial charge on any atom is 0.106 e. The molecule has 0 radical (unpaired) electrons. The molecule has 0 saturated carbocycles. The Bertz CT molecular complexity index is 52.0. The molecular formula is C5H11NO. The molecule has 0 rings (SSSR count). The molecule has 0 atom stereocenters. The summed E-state index contributed by atoms with van der Waals surface area (Å²) in [6.07, 6.45) is 3.90. The highest BCUT2D eigenvalue weighted by Gasteiger charge is 1.69. The number of oxime groups is 1. The quantitative estimate of drug-likeness (QED) is 0.389. The average Bonchev–Trinajstić information content (AvgIpc) is 1.69. The van der Waals surface area contributed by atoms with E-state index in [-0.39, 0.29) is 0 Å². The second kappa shape index (κ2) is 5.47. The summed E-state index contributed by atoms with van der Waals surface area (Å²) in [6, 6.07) is 0. The average molecular weight is 101 g/mol. The van der Waals surface area contributed by atoms with Gasteiger partial charge in [-0.25, -0.2) is 0 Å². The highest BCUT2D eigenvalue weighted by Crippen LogP contribution is 1.79. The van der Waals surface area contributed by atoms with Gasteiger partial charge in [-0.05, 0) is 6.42 Å². The van der Waals surface area contributed by atoms with Crippen molar-refractivity contribution < 1.29 is 4.84 Å². The molecule has 0 N–H and O–H groups in total. The van der Waals surface area contributed by atoms with E-state index in [1.165, 1.54) is 0 Å². The monoisotopic (exact) mass is 101 g/mol. The largest absolute Gasteiger partial charge is 0.399 e. The van der Waals surface area contributed by atoms with Crippen molar-refractivity contribution in [3.8, 4) is 0 Å². The molecule has 0 aliphatic carbocycles. The Morgan fingerprint density at radius 2 is 2.43 bits per heavy atom. The van der Waals surface area contributed by atoms with Crippen molar-refractivity contribution in [3.05, 3.63) is 0 Å². The lowest BCUT2D eigenvalue weighted by atomic mass is 10.4. The van der Waals surface area contributed by atoms with E-state index >= 15 is 0 Å². The second-order valence-corrected chi connectivity index (χ2v) is 1.26. The van der Waals surface area contributed by atoms with E-state index < -0.39 is 0 Å². The van der Waals surface area contributed by atoms with Crippen molar-refractivity contribution in [2.75, 3.05) is 7.11 Å². The first-order chi connectivity index (χ1) is 3.41. The summed E-state index contributed by atoms with van der Waals surface area (Å²) < 4.78 is 0. The second-order valence-electron chi connectivity index (χ2n) is 1.26. The molecule has 42 valence electrons. The highest BCUT2D eigenvalue weighted by atomic mass is 16.6. The molecule has 0 aromatic carbocycles. The Hall–Kier alpha value is -0.530. The molecule has 0 spiro atoms. The van der Waals surface area contributed by atoms with Crippen LogP contribution in [0.4, 0.5) is 0 Å². The van der Waals surface area contributed by atoms with Gasteiger partial charge in [-0.3, -0.25) is 0 Å². The van der Waals surface area contributed by atoms with E-state index in [1.54, 1.807) is 13.3 Å². The van der Waals surface area contributed by atoms with E-state index in [4.69, 9.17) is 0 Å². The Morgan fingerprint density at radius 3 is 2.86 bits per heavy atom. The molecule has 0 saturated heterocycles. The summed E-state index contributed by atoms with van der Waals surface area (Å²) in [5.41, 5.74) is 0. The maximum absolute atomic E-state index is 4.41. The fourth-order valence-corrected chi connectivity index (χ4v) is 0.256. The van der Waals surface area contributed by atoms with E-state index in [0.717, 1.165) is 12.8 Å². The standard InChI is InChI=1S/C5H11NO/c1-3-4-5-6-7-2/h5H,3-4H2,1-2H3/b6-5-. The summed E-state index contributed by atoms with van der Waals surface area (Å²) in [6.45, 7) is 2.10. The first-order valence-corrected chi connectivity index (χ1v) is 2.46. The lowest BCUT2D eigenvalue weighted by Crippen LogP contribution is -1.72. The van der Waals surface area contributed by atoms with Crippen LogP contribution in [0.15, 0.2) is 5.16 Å². The molecule has 2 heteroatoms. The van der Waals surface area contributed by atoms with Gasteiger partial charge in [-0.1, -0.05) is 18.5 Å². The van der Waals surface area contributed by atoms with Crippen LogP contribution in [0.2, 0.25) is 0 Å². The fourth-order valence-electron chi connectivity index (χ4n) is 0.256. The molecule has 0 aromatic rings. The van der Waals surface area contributed by atoms with Gasteiger partial charge in [0.25, 0.3) is 0 Å². The molecule has 0 unspecified atom stereocenters. The summed E-state index contributed by atoms with van der Waals surface area (Å²) in [5.74, 6) is 0. The van der Waals surface area contributed by atoms with Crippen molar-refractivity contribution in [2.45, 2.75) is 19.8 Å². The topological polar surface area (TPSA) is 21.6 Å². The number of rotatable bonds is 3. The first-order valence-electron chi connectivity index (χ1n) is 2.46. The third kappa shape index (κ3) is 5.47. The van der Waals surface area contributed by atoms with Crippen molar-refractivity contribution in [2.24, 2.45) is 5.16 Å². The van der Waals surface area contributed by atoms with Crippen LogP contribution in [0.3, 0.4) is 0 Å². The predicted octanol–water partition coefficient (Wildman–Crippen LogP) is 1.42. The van der Waals surface area contributed by atoms with Crippen LogP contribution >= 0.6 is 0 Å². The van der Waals surface area contributed by atoms with Crippen LogP contribution in [-0.2, 0) is 4.84 Å². The zero-order chi connectivity index (χ0) is 5.54. The SMILES string of the molecule is CCC/C=N\OC. The smallest absolute Gasteiger partial charge is 0.106 e. The van der Waals surface area contributed by atoms with Gasteiger partial charge in [-0.15, -0.1) is 0 Å². The number of nitrogens with zero attached hydrogens (tertiary/aromatic N) is 1. The van der Waals surface area contributed by atoms with E-state index in [0.29, 0.717) is 0 Å². The van der Waals surface area contributed by atoms with Crippen LogP contribution in [0.5, 0.6) is 0 Å². The van der Waals surface area contributed by atoms with Crippen molar-refractivity contribution in [1.82, 2.24) is 0 Å². The lowest BCUT2D eigenvalue weighted by Gasteiger charge is -1.82. The minimum absolute atomic E-state index is 1.01. The Balaban J connectivity index is 2.78. The van der Waals surface area contributed by atoms with Gasteiger partial charge in [-0.2, -0.15) is 0 Å². The molecule has 0 aliphatic rings. The summed E-state index contributed by atoms with van der Waals surface area (Å²) in [4.78, 5) is 4.41. The Morgan fingerprint density at radius 1 is 1.71 bits per heavy atom. The van der Waals surface area contributed by atoms with Gasteiger partial charge in [0, 0.05) is 6.21 Å². The molecule has 2 nitrogen and oxygen atoms in total. The van der Waals surface area contributed by atoms with Gasteiger partial charge in [0.1, 0.15) is 7.11 Å². The van der Waals surface area contributed by atoms with Crippen molar-refractivity contribution in [3.63, 3.8) is 0 Å². The highest BCUT2D eigenvalue weighted by molar-refractivity contribution is 5.55. The number of unbranched alkanes of at least 4 members (excludes halogenated alkanes) is 1. The van der Waals surface area contributed by atoms with Gasteiger partial charge in [0.05, 0.1) is 0 Å². The van der Waals surface area contributed by atoms with Gasteiger partial charge < -0.3 is 4.84 Å². The summed E-state index contributed by atoms with van der Waals surface area (Å²) in [5, 5.41) is 3.54. The third-order valence-corrected chi connectivity index (χ3v) is 0.598. The Kier molecular flexibility index (Phi) is 5.06. The molecule has 0 fully saturated rings. The minimum atomic E-state index is 1.01. The van der Waals surface area contributed by atoms with Gasteiger partial charge >= 0.3 is 0 Å². The molecule has 7 heavy (non-hydrogen) atoms. The van der Waals surface area contributed by atoms with Crippen LogP contribution in [0.25, 0.3) is 0 Å². The van der Waals surface area contributed by atoms with E-state index in [1.807, 2.05) is 0 Å². The molecule has 0 heterocycles. The minimum Gasteiger partial charge on any atom is -0.399 e. The van der Waals surface area contributed by atoms with Crippen LogP contribution in [0.1, 0.15) is 19.8 Å². The van der Waals surface area contributed by atoms with Crippen molar-refractivity contribution in [1.29, 1.82) is 0 Å². The third-order valence-electron chi connectivity index (χ3n) is 0.598. The molecule has 0 amide bonds. The summed E-state index contributed by atoms with van der Waals surface area (Å²) in [7, 11) is 1.55. The summed E-state index contributed by atoms with van der Waals surface area (Å²) >= 11 is 0. The number of hydrogen-bond acceptors (Lipinski definition) is 2. The van der Waals surface area contributed by atoms with E-state index in [9.17, 15) is 0 Å². The van der Waals surface area contributed by atoms with Crippen LogP contribution in [-0.4, -0.2) is 13.3 Å². The lowest BCUT2D eigenvalue weighted by molar-refractivity contribution is 0.214. The zero-order valence-corrected chi connectivity index (χ0v) is 4.85. The van der Waals surface area contributed by atoms with Crippen LogP contribution < -0.4 is 0 Å². The first kappa shape index (κ1) is 6.47. The van der Waals surface area contributed by atoms with Crippen LogP contribution in [0, 0.1) is 0 Å². The van der Waals surface area contributed by atoms with Gasteiger partial charge in [0.2, 0.25) is 0 Å². The predicted molar refractivity (Wildman–Crippen MR) is 30.4 cm³/mol. The maximum atomic E-state index is 4.41. The number of hydrogen-bond donors (Lipinski definition) is 0. The molecule has 0 bridgehead atoms. The molecule has 0 aliphatic heterocycles. The molecular weight excluding hydrogens is 90.1 g/mol. The normalized spacial score (nSPS) is 10.0. The molecule has 0 aromatic heterocycles. The van der Waals surface area contributed by atoms with Gasteiger partial charge in [0.15, 0.2) is 0 Å². The fraction of sp³-hybridized carbons (Fsp3) is 0.800.